The molecule has 0 radical (unpaired) electrons. The van der Waals surface area contributed by atoms with Crippen LogP contribution >= 0.6 is 0 Å². The summed E-state index contributed by atoms with van der Waals surface area (Å²) in [6, 6.07) is 10.7. The second-order valence-electron chi connectivity index (χ2n) is 8.26. The first-order chi connectivity index (χ1) is 17.8. The highest BCUT2D eigenvalue weighted by atomic mass is 32.2. The van der Waals surface area contributed by atoms with Crippen LogP contribution in [0, 0.1) is 6.92 Å². The number of hydrogen-bond donors (Lipinski definition) is 4. The maximum absolute atomic E-state index is 13.5. The molecule has 4 rings (SSSR count). The quantitative estimate of drug-likeness (QED) is 0.294. The highest BCUT2D eigenvalue weighted by Crippen LogP contribution is 2.35. The molecule has 0 saturated carbocycles. The number of halogens is 3. The number of fused-ring (bicyclic) bond motifs is 1. The summed E-state index contributed by atoms with van der Waals surface area (Å²) < 4.78 is 67.5. The van der Waals surface area contributed by atoms with Crippen LogP contribution in [0.15, 0.2) is 42.6 Å². The molecule has 2 heterocycles. The van der Waals surface area contributed by atoms with Crippen molar-refractivity contribution in [2.45, 2.75) is 33.0 Å². The van der Waals surface area contributed by atoms with Gasteiger partial charge in [-0.1, -0.05) is 23.8 Å². The fourth-order valence-electron chi connectivity index (χ4n) is 3.43. The van der Waals surface area contributed by atoms with E-state index in [2.05, 4.69) is 31.2 Å². The predicted molar refractivity (Wildman–Crippen MR) is 139 cm³/mol. The molecule has 4 N–H and O–H groups in total. The Kier molecular flexibility index (Phi) is 8.78. The largest absolute Gasteiger partial charge is 0.687 e. The molecular formula is C24H26F3N6O4S-. The molecule has 14 heteroatoms. The Bertz CT molecular complexity index is 1430. The van der Waals surface area contributed by atoms with Gasteiger partial charge in [-0.05, 0) is 43.2 Å². The van der Waals surface area contributed by atoms with Crippen LogP contribution in [0.4, 0.5) is 42.0 Å². The van der Waals surface area contributed by atoms with Crippen molar-refractivity contribution in [3.63, 3.8) is 0 Å². The normalized spacial score (nSPS) is 12.7. The molecule has 2 aromatic carbocycles. The Hall–Kier alpha value is -3.91. The molecule has 0 bridgehead atoms. The summed E-state index contributed by atoms with van der Waals surface area (Å²) in [6.07, 6.45) is -3.63. The SMILES string of the molecule is CCS(=O)(=O)O.C[N-]c1cc(C)ccc1CNc1nc(Nc2ccc3c(c2)CC(=O)N3)ncc1C(F)(F)F. The lowest BCUT2D eigenvalue weighted by Gasteiger charge is -2.21. The minimum Gasteiger partial charge on any atom is -0.687 e. The van der Waals surface area contributed by atoms with Gasteiger partial charge in [0.2, 0.25) is 11.9 Å². The summed E-state index contributed by atoms with van der Waals surface area (Å²) in [5.74, 6) is -0.645. The topological polar surface area (TPSA) is 147 Å². The van der Waals surface area contributed by atoms with Crippen molar-refractivity contribution < 1.29 is 30.9 Å². The Balaban J connectivity index is 0.000000599. The van der Waals surface area contributed by atoms with Gasteiger partial charge >= 0.3 is 6.18 Å². The number of aryl methyl sites for hydroxylation is 1. The van der Waals surface area contributed by atoms with E-state index in [1.165, 1.54) is 6.92 Å². The molecule has 3 aromatic rings. The van der Waals surface area contributed by atoms with Gasteiger partial charge in [-0.15, -0.1) is 12.7 Å². The van der Waals surface area contributed by atoms with Crippen LogP contribution in [0.1, 0.15) is 29.2 Å². The Labute approximate surface area is 217 Å². The number of rotatable bonds is 7. The van der Waals surface area contributed by atoms with E-state index in [1.807, 2.05) is 25.1 Å². The second kappa shape index (κ2) is 11.6. The zero-order chi connectivity index (χ0) is 28.1. The van der Waals surface area contributed by atoms with Crippen molar-refractivity contribution in [2.24, 2.45) is 0 Å². The Morgan fingerprint density at radius 1 is 1.18 bits per heavy atom. The molecule has 1 aromatic heterocycles. The molecule has 204 valence electrons. The van der Waals surface area contributed by atoms with Crippen LogP contribution in [0.3, 0.4) is 0 Å². The van der Waals surface area contributed by atoms with Gasteiger partial charge in [0, 0.05) is 24.1 Å². The lowest BCUT2D eigenvalue weighted by molar-refractivity contribution is -0.137. The first-order valence-corrected chi connectivity index (χ1v) is 12.9. The van der Waals surface area contributed by atoms with E-state index in [0.29, 0.717) is 17.1 Å². The number of alkyl halides is 3. The van der Waals surface area contributed by atoms with Gasteiger partial charge in [-0.3, -0.25) is 9.35 Å². The summed E-state index contributed by atoms with van der Waals surface area (Å²) in [5.41, 5.74) is 3.55. The van der Waals surface area contributed by atoms with Crippen LogP contribution in [0.5, 0.6) is 0 Å². The number of anilines is 4. The number of nitrogens with zero attached hydrogens (tertiary/aromatic N) is 3. The first kappa shape index (κ1) is 28.7. The fraction of sp³-hybridized carbons (Fsp3) is 0.292. The van der Waals surface area contributed by atoms with Crippen LogP contribution in [0.2, 0.25) is 0 Å². The van der Waals surface area contributed by atoms with Crippen LogP contribution < -0.4 is 16.0 Å². The molecule has 1 aliphatic heterocycles. The third-order valence-corrected chi connectivity index (χ3v) is 6.10. The van der Waals surface area contributed by atoms with Crippen molar-refractivity contribution in [3.8, 4) is 0 Å². The van der Waals surface area contributed by atoms with Gasteiger partial charge in [0.15, 0.2) is 0 Å². The van der Waals surface area contributed by atoms with Crippen molar-refractivity contribution in [1.82, 2.24) is 9.97 Å². The molecule has 10 nitrogen and oxygen atoms in total. The number of aromatic nitrogens is 2. The molecule has 38 heavy (non-hydrogen) atoms. The van der Waals surface area contributed by atoms with E-state index >= 15 is 0 Å². The number of nitrogens with one attached hydrogen (secondary N) is 3. The van der Waals surface area contributed by atoms with Gasteiger partial charge in [-0.2, -0.15) is 26.6 Å². The maximum Gasteiger partial charge on any atom is 0.421 e. The highest BCUT2D eigenvalue weighted by Gasteiger charge is 2.35. The zero-order valence-electron chi connectivity index (χ0n) is 20.7. The standard InChI is InChI=1S/C22H20F3N6O.C2H6O3S/c1-12-3-4-13(18(7-12)26-2)10-27-20-16(22(23,24)25)11-28-21(31-20)29-15-5-6-17-14(8-15)9-19(32)30-17;1-2-6(3,4)5/h3-8,11H,9-10H2,1-2H3,(H,30,32)(H2,27,28,29,31);2H2,1H3,(H,3,4,5)/q-1;. The monoisotopic (exact) mass is 551 g/mol. The van der Waals surface area contributed by atoms with Gasteiger partial charge in [0.1, 0.15) is 11.4 Å². The molecule has 1 aliphatic rings. The average molecular weight is 552 g/mol. The number of amides is 1. The van der Waals surface area contributed by atoms with E-state index in [4.69, 9.17) is 4.55 Å². The van der Waals surface area contributed by atoms with Crippen molar-refractivity contribution in [1.29, 1.82) is 0 Å². The third kappa shape index (κ3) is 7.79. The maximum atomic E-state index is 13.5. The van der Waals surface area contributed by atoms with E-state index in [1.54, 1.807) is 25.2 Å². The number of carbonyl (C=O) groups is 1. The van der Waals surface area contributed by atoms with Crippen LogP contribution in [0.25, 0.3) is 5.32 Å². The average Bonchev–Trinajstić information content (AvgIpc) is 3.21. The van der Waals surface area contributed by atoms with E-state index in [0.717, 1.165) is 22.9 Å². The summed E-state index contributed by atoms with van der Waals surface area (Å²) >= 11 is 0. The number of hydrogen-bond acceptors (Lipinski definition) is 7. The minimum atomic E-state index is -4.62. The van der Waals surface area contributed by atoms with Crippen LogP contribution in [-0.2, 0) is 34.1 Å². The molecule has 0 atom stereocenters. The second-order valence-corrected chi connectivity index (χ2v) is 10.00. The van der Waals surface area contributed by atoms with E-state index < -0.39 is 21.9 Å². The fourth-order valence-corrected chi connectivity index (χ4v) is 3.43. The molecule has 0 saturated heterocycles. The predicted octanol–water partition coefficient (Wildman–Crippen LogP) is 5.18. The van der Waals surface area contributed by atoms with Crippen molar-refractivity contribution >= 4 is 44.9 Å². The Morgan fingerprint density at radius 2 is 1.89 bits per heavy atom. The molecule has 0 aliphatic carbocycles. The highest BCUT2D eigenvalue weighted by molar-refractivity contribution is 7.85. The molecule has 1 amide bonds. The van der Waals surface area contributed by atoms with E-state index in [-0.39, 0.29) is 36.4 Å². The molecule has 0 spiro atoms. The lowest BCUT2D eigenvalue weighted by atomic mass is 10.1. The molecule has 0 unspecified atom stereocenters. The summed E-state index contributed by atoms with van der Waals surface area (Å²) in [6.45, 7) is 3.40. The summed E-state index contributed by atoms with van der Waals surface area (Å²) in [7, 11) is -2.03. The first-order valence-electron chi connectivity index (χ1n) is 11.3. The van der Waals surface area contributed by atoms with E-state index in [9.17, 15) is 26.4 Å². The smallest absolute Gasteiger partial charge is 0.421 e. The molecular weight excluding hydrogens is 525 g/mol. The minimum absolute atomic E-state index is 0.00189. The zero-order valence-corrected chi connectivity index (χ0v) is 21.5. The van der Waals surface area contributed by atoms with Gasteiger partial charge in [0.05, 0.1) is 12.2 Å². The number of benzene rings is 2. The Morgan fingerprint density at radius 3 is 2.53 bits per heavy atom. The van der Waals surface area contributed by atoms with Crippen molar-refractivity contribution in [2.75, 3.05) is 28.8 Å². The van der Waals surface area contributed by atoms with Crippen molar-refractivity contribution in [3.05, 3.63) is 70.2 Å². The van der Waals surface area contributed by atoms with Gasteiger partial charge in [0.25, 0.3) is 10.1 Å². The number of carbonyl (C=O) groups excluding carboxylic acids is 1. The van der Waals surface area contributed by atoms with Crippen LogP contribution in [-0.4, -0.2) is 41.6 Å². The lowest BCUT2D eigenvalue weighted by Crippen LogP contribution is -2.14. The van der Waals surface area contributed by atoms with Gasteiger partial charge < -0.3 is 21.3 Å². The molecule has 0 fully saturated rings. The van der Waals surface area contributed by atoms with Gasteiger partial charge in [-0.25, -0.2) is 4.98 Å². The third-order valence-electron chi connectivity index (χ3n) is 5.37. The summed E-state index contributed by atoms with van der Waals surface area (Å²) in [4.78, 5) is 19.4. The summed E-state index contributed by atoms with van der Waals surface area (Å²) in [5, 5.41) is 12.6.